The van der Waals surface area contributed by atoms with Crippen molar-refractivity contribution in [2.45, 2.75) is 6.04 Å². The first kappa shape index (κ1) is 24.2. The van der Waals surface area contributed by atoms with Gasteiger partial charge < -0.3 is 5.32 Å². The van der Waals surface area contributed by atoms with Crippen LogP contribution in [0.5, 0.6) is 0 Å². The Hall–Kier alpha value is -3.94. The molecule has 1 aliphatic heterocycles. The van der Waals surface area contributed by atoms with Crippen molar-refractivity contribution < 1.29 is 9.18 Å². The first-order chi connectivity index (χ1) is 16.5. The number of allylic oxidation sites excluding steroid dienone is 1. The average molecular weight is 508 g/mol. The van der Waals surface area contributed by atoms with Crippen LogP contribution in [0, 0.1) is 5.82 Å². The van der Waals surface area contributed by atoms with E-state index in [1.54, 1.807) is 22.9 Å². The summed E-state index contributed by atoms with van der Waals surface area (Å²) in [5.41, 5.74) is 3.56. The molecule has 1 aliphatic rings. The molecule has 0 saturated carbocycles. The Morgan fingerprint density at radius 2 is 1.74 bits per heavy atom. The van der Waals surface area contributed by atoms with Crippen molar-refractivity contribution in [1.29, 1.82) is 0 Å². The smallest absolute Gasteiger partial charge is 0.250 e. The van der Waals surface area contributed by atoms with E-state index in [0.29, 0.717) is 16.5 Å². The summed E-state index contributed by atoms with van der Waals surface area (Å²) in [7, 11) is 0. The van der Waals surface area contributed by atoms with Gasteiger partial charge in [0.15, 0.2) is 0 Å². The molecule has 0 radical (unpaired) electrons. The largest absolute Gasteiger partial charge is 0.324 e. The van der Waals surface area contributed by atoms with Gasteiger partial charge in [-0.2, -0.15) is 4.98 Å². The molecule has 3 aromatic carbocycles. The Bertz CT molecular complexity index is 1380. The minimum absolute atomic E-state index is 0. The molecule has 0 bridgehead atoms. The molecule has 2 heterocycles. The van der Waals surface area contributed by atoms with Crippen molar-refractivity contribution >= 4 is 53.6 Å². The lowest BCUT2D eigenvalue weighted by atomic mass is 10.0. The highest BCUT2D eigenvalue weighted by atomic mass is 35.5. The predicted molar refractivity (Wildman–Crippen MR) is 139 cm³/mol. The second-order valence-electron chi connectivity index (χ2n) is 7.65. The summed E-state index contributed by atoms with van der Waals surface area (Å²) in [6.45, 7) is 0. The summed E-state index contributed by atoms with van der Waals surface area (Å²) < 4.78 is 14.8. The number of benzene rings is 3. The third-order valence-electron chi connectivity index (χ3n) is 5.29. The van der Waals surface area contributed by atoms with E-state index in [9.17, 15) is 9.18 Å². The lowest BCUT2D eigenvalue weighted by molar-refractivity contribution is -0.111. The molecule has 0 aliphatic carbocycles. The summed E-state index contributed by atoms with van der Waals surface area (Å²) in [4.78, 5) is 16.9. The summed E-state index contributed by atoms with van der Waals surface area (Å²) in [5, 5.41) is 11.1. The van der Waals surface area contributed by atoms with E-state index < -0.39 is 5.91 Å². The van der Waals surface area contributed by atoms with E-state index in [2.05, 4.69) is 26.8 Å². The third kappa shape index (κ3) is 5.59. The molecule has 9 heteroatoms. The van der Waals surface area contributed by atoms with Crippen LogP contribution in [0.3, 0.4) is 0 Å². The van der Waals surface area contributed by atoms with Crippen molar-refractivity contribution in [2.24, 2.45) is 0 Å². The van der Waals surface area contributed by atoms with Crippen molar-refractivity contribution in [3.05, 3.63) is 119 Å². The number of amides is 1. The molecule has 1 unspecified atom stereocenters. The van der Waals surface area contributed by atoms with E-state index >= 15 is 0 Å². The zero-order chi connectivity index (χ0) is 23.5. The van der Waals surface area contributed by atoms with E-state index in [-0.39, 0.29) is 30.2 Å². The lowest BCUT2D eigenvalue weighted by Gasteiger charge is -2.24. The molecule has 2 N–H and O–H groups in total. The highest BCUT2D eigenvalue weighted by molar-refractivity contribution is 6.30. The van der Waals surface area contributed by atoms with Crippen molar-refractivity contribution in [2.75, 3.05) is 10.6 Å². The maximum atomic E-state index is 13.1. The predicted octanol–water partition coefficient (Wildman–Crippen LogP) is 6.20. The molecule has 0 fully saturated rings. The molecule has 5 rings (SSSR count). The number of halogens is 3. The van der Waals surface area contributed by atoms with Gasteiger partial charge in [0, 0.05) is 16.8 Å². The molecular formula is C26H20Cl2FN5O. The van der Waals surface area contributed by atoms with Crippen LogP contribution >= 0.6 is 24.0 Å². The number of fused-ring (bicyclic) bond motifs is 1. The quantitative estimate of drug-likeness (QED) is 0.315. The van der Waals surface area contributed by atoms with Crippen LogP contribution in [0.4, 0.5) is 16.3 Å². The van der Waals surface area contributed by atoms with Crippen LogP contribution in [0.1, 0.15) is 22.7 Å². The van der Waals surface area contributed by atoms with Crippen LogP contribution in [0.25, 0.3) is 11.8 Å². The second-order valence-corrected chi connectivity index (χ2v) is 8.08. The van der Waals surface area contributed by atoms with E-state index in [4.69, 9.17) is 11.6 Å². The maximum absolute atomic E-state index is 13.1. The molecule has 0 saturated heterocycles. The van der Waals surface area contributed by atoms with Crippen LogP contribution in [-0.2, 0) is 4.79 Å². The highest BCUT2D eigenvalue weighted by Gasteiger charge is 2.25. The maximum Gasteiger partial charge on any atom is 0.250 e. The lowest BCUT2D eigenvalue weighted by Crippen LogP contribution is -2.20. The van der Waals surface area contributed by atoms with Gasteiger partial charge in [0.25, 0.3) is 11.9 Å². The number of anilines is 2. The highest BCUT2D eigenvalue weighted by Crippen LogP contribution is 2.33. The summed E-state index contributed by atoms with van der Waals surface area (Å²) >= 11 is 6.08. The number of hydrogen-bond donors (Lipinski definition) is 2. The zero-order valence-corrected chi connectivity index (χ0v) is 19.8. The minimum Gasteiger partial charge on any atom is -0.324 e. The number of nitrogens with one attached hydrogen (secondary N) is 2. The van der Waals surface area contributed by atoms with Crippen molar-refractivity contribution in [3.8, 4) is 0 Å². The summed E-state index contributed by atoms with van der Waals surface area (Å²) in [6, 6.07) is 23.0. The first-order valence-electron chi connectivity index (χ1n) is 10.6. The number of nitrogens with zero attached hydrogens (tertiary/aromatic N) is 3. The second kappa shape index (κ2) is 10.5. The Balaban J connectivity index is 0.00000289. The molecule has 1 atom stereocenters. The fourth-order valence-corrected chi connectivity index (χ4v) is 3.75. The van der Waals surface area contributed by atoms with Gasteiger partial charge in [-0.15, -0.1) is 17.5 Å². The number of hydrogen-bond acceptors (Lipinski definition) is 4. The zero-order valence-electron chi connectivity index (χ0n) is 18.2. The first-order valence-corrected chi connectivity index (χ1v) is 10.9. The number of aromatic nitrogens is 3. The minimum atomic E-state index is -0.397. The Kier molecular flexibility index (Phi) is 7.29. The normalized spacial score (nSPS) is 14.5. The monoisotopic (exact) mass is 507 g/mol. The molecule has 1 aromatic heterocycles. The molecule has 0 spiro atoms. The number of carbonyl (C=O) groups is 1. The Labute approximate surface area is 212 Å². The van der Waals surface area contributed by atoms with Crippen LogP contribution in [-0.4, -0.2) is 20.7 Å². The van der Waals surface area contributed by atoms with Gasteiger partial charge in [0.05, 0.1) is 0 Å². The van der Waals surface area contributed by atoms with Crippen LogP contribution in [0.15, 0.2) is 91.0 Å². The SMILES string of the molecule is Cl.O=C(C=Cc1ccc(F)cc1)Nc1nc2n(n1)C(c1ccc(Cl)cc1)C=C(c1ccccc1)N2. The summed E-state index contributed by atoms with van der Waals surface area (Å²) in [5.74, 6) is -0.0655. The van der Waals surface area contributed by atoms with Crippen LogP contribution < -0.4 is 10.6 Å². The number of rotatable bonds is 5. The van der Waals surface area contributed by atoms with Crippen molar-refractivity contribution in [3.63, 3.8) is 0 Å². The standard InChI is InChI=1S/C26H19ClFN5O.ClH/c27-20-11-9-19(10-12-20)23-16-22(18-4-2-1-3-5-18)29-26-31-25(32-33(23)26)30-24(34)15-8-17-6-13-21(28)14-7-17;/h1-16,23H,(H2,29,30,31,32,34);1H. The Morgan fingerprint density at radius 1 is 1.03 bits per heavy atom. The topological polar surface area (TPSA) is 71.8 Å². The van der Waals surface area contributed by atoms with Gasteiger partial charge in [-0.1, -0.05) is 66.2 Å². The number of carbonyl (C=O) groups excluding carboxylic acids is 1. The molecule has 6 nitrogen and oxygen atoms in total. The molecule has 176 valence electrons. The fourth-order valence-electron chi connectivity index (χ4n) is 3.63. The van der Waals surface area contributed by atoms with E-state index in [1.165, 1.54) is 18.2 Å². The fraction of sp³-hybridized carbons (Fsp3) is 0.0385. The van der Waals surface area contributed by atoms with E-state index in [0.717, 1.165) is 16.8 Å². The van der Waals surface area contributed by atoms with Gasteiger partial charge in [-0.3, -0.25) is 10.1 Å². The van der Waals surface area contributed by atoms with Gasteiger partial charge in [-0.25, -0.2) is 9.07 Å². The summed E-state index contributed by atoms with van der Waals surface area (Å²) in [6.07, 6.45) is 5.00. The molecule has 4 aromatic rings. The molecular weight excluding hydrogens is 488 g/mol. The van der Waals surface area contributed by atoms with Gasteiger partial charge in [-0.05, 0) is 53.1 Å². The average Bonchev–Trinajstić information content (AvgIpc) is 3.26. The molecule has 1 amide bonds. The van der Waals surface area contributed by atoms with Gasteiger partial charge in [0.1, 0.15) is 11.9 Å². The van der Waals surface area contributed by atoms with Gasteiger partial charge in [0.2, 0.25) is 5.95 Å². The van der Waals surface area contributed by atoms with Gasteiger partial charge >= 0.3 is 0 Å². The van der Waals surface area contributed by atoms with E-state index in [1.807, 2.05) is 54.6 Å². The third-order valence-corrected chi connectivity index (χ3v) is 5.55. The Morgan fingerprint density at radius 3 is 2.46 bits per heavy atom. The van der Waals surface area contributed by atoms with Crippen LogP contribution in [0.2, 0.25) is 5.02 Å². The van der Waals surface area contributed by atoms with Crippen molar-refractivity contribution in [1.82, 2.24) is 14.8 Å². The molecule has 35 heavy (non-hydrogen) atoms.